The van der Waals surface area contributed by atoms with Crippen molar-refractivity contribution in [1.82, 2.24) is 9.38 Å². The molecule has 80 valence electrons. The maximum absolute atomic E-state index is 4.60. The van der Waals surface area contributed by atoms with Crippen molar-refractivity contribution in [2.45, 2.75) is 13.8 Å². The highest BCUT2D eigenvalue weighted by atomic mass is 79.9. The van der Waals surface area contributed by atoms with Crippen molar-refractivity contribution in [2.75, 3.05) is 0 Å². The van der Waals surface area contributed by atoms with Gasteiger partial charge in [0, 0.05) is 11.6 Å². The highest BCUT2D eigenvalue weighted by Gasteiger charge is 2.09. The van der Waals surface area contributed by atoms with Gasteiger partial charge in [0.25, 0.3) is 0 Å². The topological polar surface area (TPSA) is 17.3 Å². The van der Waals surface area contributed by atoms with E-state index in [4.69, 9.17) is 0 Å². The van der Waals surface area contributed by atoms with Crippen LogP contribution < -0.4 is 0 Å². The predicted molar refractivity (Wildman–Crippen MR) is 69.9 cm³/mol. The highest BCUT2D eigenvalue weighted by molar-refractivity contribution is 9.10. The zero-order chi connectivity index (χ0) is 11.3. The first-order valence-corrected chi connectivity index (χ1v) is 6.00. The minimum Gasteiger partial charge on any atom is -0.293 e. The first-order valence-electron chi connectivity index (χ1n) is 5.21. The van der Waals surface area contributed by atoms with Crippen LogP contribution in [-0.4, -0.2) is 9.38 Å². The van der Waals surface area contributed by atoms with Gasteiger partial charge in [-0.05, 0) is 46.8 Å². The molecule has 0 aliphatic rings. The minimum atomic E-state index is 1.02. The van der Waals surface area contributed by atoms with Gasteiger partial charge in [-0.3, -0.25) is 4.40 Å². The summed E-state index contributed by atoms with van der Waals surface area (Å²) in [5.41, 5.74) is 3.33. The molecule has 0 spiro atoms. The summed E-state index contributed by atoms with van der Waals surface area (Å²) < 4.78 is 3.11. The molecule has 2 aromatic heterocycles. The van der Waals surface area contributed by atoms with Crippen LogP contribution in [0.4, 0.5) is 0 Å². The van der Waals surface area contributed by atoms with Gasteiger partial charge in [0.1, 0.15) is 10.3 Å². The van der Waals surface area contributed by atoms with Gasteiger partial charge >= 0.3 is 0 Å². The van der Waals surface area contributed by atoms with Gasteiger partial charge in [-0.15, -0.1) is 0 Å². The van der Waals surface area contributed by atoms with E-state index in [1.165, 1.54) is 16.3 Å². The smallest absolute Gasteiger partial charge is 0.145 e. The van der Waals surface area contributed by atoms with Gasteiger partial charge in [-0.25, -0.2) is 4.98 Å². The lowest BCUT2D eigenvalue weighted by Crippen LogP contribution is -1.87. The van der Waals surface area contributed by atoms with Gasteiger partial charge in [-0.2, -0.15) is 0 Å². The fourth-order valence-electron chi connectivity index (χ4n) is 2.10. The number of fused-ring (bicyclic) bond motifs is 3. The number of pyridine rings is 1. The number of nitrogens with zero attached hydrogens (tertiary/aromatic N) is 2. The summed E-state index contributed by atoms with van der Waals surface area (Å²) in [6.45, 7) is 4.14. The van der Waals surface area contributed by atoms with Crippen LogP contribution in [0.25, 0.3) is 16.4 Å². The molecule has 0 saturated carbocycles. The third-order valence-electron chi connectivity index (χ3n) is 2.97. The number of hydrogen-bond donors (Lipinski definition) is 0. The monoisotopic (exact) mass is 274 g/mol. The maximum atomic E-state index is 4.60. The predicted octanol–water partition coefficient (Wildman–Crippen LogP) is 3.87. The van der Waals surface area contributed by atoms with Crippen molar-refractivity contribution in [3.8, 4) is 0 Å². The lowest BCUT2D eigenvalue weighted by Gasteiger charge is -2.03. The zero-order valence-corrected chi connectivity index (χ0v) is 10.7. The zero-order valence-electron chi connectivity index (χ0n) is 9.16. The fourth-order valence-corrected chi connectivity index (χ4v) is 2.47. The van der Waals surface area contributed by atoms with Crippen molar-refractivity contribution >= 4 is 32.3 Å². The summed E-state index contributed by atoms with van der Waals surface area (Å²) in [7, 11) is 0. The first-order chi connectivity index (χ1) is 7.68. The normalized spacial score (nSPS) is 11.4. The number of aromatic nitrogens is 2. The molecule has 0 unspecified atom stereocenters. The third kappa shape index (κ3) is 1.21. The molecule has 0 saturated heterocycles. The Kier molecular flexibility index (Phi) is 2.04. The molecule has 2 heterocycles. The molecule has 0 amide bonds. The molecule has 1 aromatic carbocycles. The Hall–Kier alpha value is -1.35. The number of hydrogen-bond acceptors (Lipinski definition) is 1. The van der Waals surface area contributed by atoms with Crippen molar-refractivity contribution in [3.05, 3.63) is 46.3 Å². The third-order valence-corrected chi connectivity index (χ3v) is 3.92. The van der Waals surface area contributed by atoms with Gasteiger partial charge < -0.3 is 0 Å². The van der Waals surface area contributed by atoms with Crippen molar-refractivity contribution in [1.29, 1.82) is 0 Å². The molecule has 16 heavy (non-hydrogen) atoms. The summed E-state index contributed by atoms with van der Waals surface area (Å²) in [5.74, 6) is 0. The first kappa shape index (κ1) is 9.85. The summed E-state index contributed by atoms with van der Waals surface area (Å²) in [5, 5.41) is 2.48. The summed E-state index contributed by atoms with van der Waals surface area (Å²) >= 11 is 3.56. The van der Waals surface area contributed by atoms with E-state index in [2.05, 4.69) is 62.7 Å². The van der Waals surface area contributed by atoms with Crippen LogP contribution in [0.15, 0.2) is 35.1 Å². The minimum absolute atomic E-state index is 1.02. The molecule has 3 heteroatoms. The Morgan fingerprint density at radius 2 is 1.94 bits per heavy atom. The van der Waals surface area contributed by atoms with E-state index < -0.39 is 0 Å². The standard InChI is InChI=1S/C13H11BrN2/c1-8-4-3-5-11-10(8)6-7-16-12(14)9(2)15-13(11)16/h3-7H,1-2H3. The quantitative estimate of drug-likeness (QED) is 0.608. The summed E-state index contributed by atoms with van der Waals surface area (Å²) in [6, 6.07) is 8.47. The molecule has 0 aliphatic heterocycles. The van der Waals surface area contributed by atoms with E-state index in [0.29, 0.717) is 0 Å². The Balaban J connectivity index is 2.60. The van der Waals surface area contributed by atoms with E-state index in [-0.39, 0.29) is 0 Å². The van der Waals surface area contributed by atoms with Crippen LogP contribution in [0.5, 0.6) is 0 Å². The van der Waals surface area contributed by atoms with Crippen LogP contribution >= 0.6 is 15.9 Å². The van der Waals surface area contributed by atoms with E-state index in [1.54, 1.807) is 0 Å². The molecule has 0 fully saturated rings. The Morgan fingerprint density at radius 1 is 1.12 bits per heavy atom. The molecule has 0 radical (unpaired) electrons. The Morgan fingerprint density at radius 3 is 2.75 bits per heavy atom. The highest BCUT2D eigenvalue weighted by Crippen LogP contribution is 2.26. The van der Waals surface area contributed by atoms with Crippen LogP contribution in [0.2, 0.25) is 0 Å². The number of benzene rings is 1. The lowest BCUT2D eigenvalue weighted by molar-refractivity contribution is 1.15. The van der Waals surface area contributed by atoms with Gasteiger partial charge in [0.2, 0.25) is 0 Å². The SMILES string of the molecule is Cc1nc2c3cccc(C)c3ccn2c1Br. The Labute approximate surface area is 102 Å². The van der Waals surface area contributed by atoms with E-state index in [9.17, 15) is 0 Å². The van der Waals surface area contributed by atoms with Crippen molar-refractivity contribution < 1.29 is 0 Å². The second-order valence-electron chi connectivity index (χ2n) is 4.03. The van der Waals surface area contributed by atoms with E-state index in [0.717, 1.165) is 15.9 Å². The molecule has 0 bridgehead atoms. The molecular formula is C13H11BrN2. The van der Waals surface area contributed by atoms with Crippen LogP contribution in [0.1, 0.15) is 11.3 Å². The lowest BCUT2D eigenvalue weighted by atomic mass is 10.1. The van der Waals surface area contributed by atoms with Crippen molar-refractivity contribution in [2.24, 2.45) is 0 Å². The van der Waals surface area contributed by atoms with E-state index in [1.807, 2.05) is 6.92 Å². The van der Waals surface area contributed by atoms with Gasteiger partial charge in [0.05, 0.1) is 5.69 Å². The Bertz CT molecular complexity index is 698. The van der Waals surface area contributed by atoms with Gasteiger partial charge in [-0.1, -0.05) is 18.2 Å². The van der Waals surface area contributed by atoms with Crippen LogP contribution in [0, 0.1) is 13.8 Å². The molecule has 2 nitrogen and oxygen atoms in total. The van der Waals surface area contributed by atoms with E-state index >= 15 is 0 Å². The molecule has 3 rings (SSSR count). The number of rotatable bonds is 0. The van der Waals surface area contributed by atoms with Crippen LogP contribution in [-0.2, 0) is 0 Å². The van der Waals surface area contributed by atoms with Gasteiger partial charge in [0.15, 0.2) is 0 Å². The molecule has 0 N–H and O–H groups in total. The number of halogens is 1. The molecule has 0 atom stereocenters. The molecule has 0 aliphatic carbocycles. The average Bonchev–Trinajstić information content (AvgIpc) is 2.56. The number of imidazole rings is 1. The second-order valence-corrected chi connectivity index (χ2v) is 4.78. The summed E-state index contributed by atoms with van der Waals surface area (Å²) in [4.78, 5) is 4.60. The van der Waals surface area contributed by atoms with Crippen molar-refractivity contribution in [3.63, 3.8) is 0 Å². The largest absolute Gasteiger partial charge is 0.293 e. The summed E-state index contributed by atoms with van der Waals surface area (Å²) in [6.07, 6.45) is 2.06. The molecule has 3 aromatic rings. The second kappa shape index (κ2) is 3.32. The fraction of sp³-hybridized carbons (Fsp3) is 0.154. The number of aryl methyl sites for hydroxylation is 2. The average molecular weight is 275 g/mol. The molecular weight excluding hydrogens is 264 g/mol. The maximum Gasteiger partial charge on any atom is 0.145 e. The van der Waals surface area contributed by atoms with Crippen LogP contribution in [0.3, 0.4) is 0 Å².